The van der Waals surface area contributed by atoms with E-state index in [2.05, 4.69) is 0 Å². The van der Waals surface area contributed by atoms with E-state index in [4.69, 9.17) is 15.2 Å². The zero-order valence-electron chi connectivity index (χ0n) is 17.2. The van der Waals surface area contributed by atoms with Gasteiger partial charge in [0.2, 0.25) is 5.88 Å². The zero-order chi connectivity index (χ0) is 24.4. The lowest BCUT2D eigenvalue weighted by atomic mass is 9.83. The van der Waals surface area contributed by atoms with Crippen LogP contribution in [-0.4, -0.2) is 15.8 Å². The normalized spacial score (nSPS) is 14.4. The van der Waals surface area contributed by atoms with Crippen LogP contribution in [0.4, 0.5) is 11.4 Å². The first-order chi connectivity index (χ1) is 16.3. The lowest BCUT2D eigenvalue weighted by Crippen LogP contribution is -2.21. The van der Waals surface area contributed by atoms with Gasteiger partial charge in [-0.1, -0.05) is 30.3 Å². The number of ether oxygens (including phenoxy) is 2. The van der Waals surface area contributed by atoms with Crippen LogP contribution in [0.1, 0.15) is 27.4 Å². The number of carbonyl (C=O) groups excluding carboxylic acids is 1. The summed E-state index contributed by atoms with van der Waals surface area (Å²) in [6.07, 6.45) is 0. The average Bonchev–Trinajstić information content (AvgIpc) is 2.83. The van der Waals surface area contributed by atoms with E-state index in [1.807, 2.05) is 6.07 Å². The highest BCUT2D eigenvalue weighted by Crippen LogP contribution is 2.43. The van der Waals surface area contributed by atoms with Gasteiger partial charge in [-0.2, -0.15) is 5.26 Å². The summed E-state index contributed by atoms with van der Waals surface area (Å²) in [5.41, 5.74) is 6.43. The number of benzene rings is 3. The molecule has 4 rings (SSSR count). The van der Waals surface area contributed by atoms with Crippen LogP contribution >= 0.6 is 0 Å². The Labute approximate surface area is 191 Å². The summed E-state index contributed by atoms with van der Waals surface area (Å²) in [7, 11) is 0. The summed E-state index contributed by atoms with van der Waals surface area (Å²) in [6, 6.07) is 17.4. The number of nitrogens with two attached hydrogens (primary N) is 1. The minimum Gasteiger partial charge on any atom is -0.440 e. The fraction of sp³-hybridized carbons (Fsp3) is 0.0435. The van der Waals surface area contributed by atoms with Crippen molar-refractivity contribution in [1.29, 1.82) is 5.26 Å². The van der Waals surface area contributed by atoms with Gasteiger partial charge in [-0.05, 0) is 17.7 Å². The lowest BCUT2D eigenvalue weighted by Gasteiger charge is -2.26. The smallest absolute Gasteiger partial charge is 0.350 e. The van der Waals surface area contributed by atoms with Crippen molar-refractivity contribution < 1.29 is 24.1 Å². The molecule has 11 nitrogen and oxygen atoms in total. The maximum absolute atomic E-state index is 12.5. The van der Waals surface area contributed by atoms with Gasteiger partial charge in [-0.3, -0.25) is 20.2 Å². The van der Waals surface area contributed by atoms with Gasteiger partial charge >= 0.3 is 5.97 Å². The molecule has 11 heteroatoms. The molecule has 0 aromatic heterocycles. The second-order valence-corrected chi connectivity index (χ2v) is 7.14. The topological polar surface area (TPSA) is 172 Å². The van der Waals surface area contributed by atoms with Gasteiger partial charge in [0.25, 0.3) is 11.4 Å². The Kier molecular flexibility index (Phi) is 5.63. The molecule has 2 N–H and O–H groups in total. The number of non-ortho nitro benzene ring substituents is 1. The molecule has 0 fully saturated rings. The van der Waals surface area contributed by atoms with E-state index < -0.39 is 27.4 Å². The molecule has 168 valence electrons. The number of hydrogen-bond acceptors (Lipinski definition) is 9. The van der Waals surface area contributed by atoms with Crippen LogP contribution in [0.3, 0.4) is 0 Å². The largest absolute Gasteiger partial charge is 0.440 e. The van der Waals surface area contributed by atoms with Crippen molar-refractivity contribution in [1.82, 2.24) is 0 Å². The predicted octanol–water partition coefficient (Wildman–Crippen LogP) is 3.94. The van der Waals surface area contributed by atoms with Gasteiger partial charge in [-0.25, -0.2) is 4.79 Å². The van der Waals surface area contributed by atoms with Crippen molar-refractivity contribution >= 4 is 17.3 Å². The van der Waals surface area contributed by atoms with Crippen LogP contribution in [-0.2, 0) is 0 Å². The van der Waals surface area contributed by atoms with E-state index in [1.165, 1.54) is 60.7 Å². The first-order valence-electron chi connectivity index (χ1n) is 9.71. The molecule has 0 aliphatic carbocycles. The molecule has 1 aliphatic heterocycles. The second kappa shape index (κ2) is 8.71. The van der Waals surface area contributed by atoms with Crippen LogP contribution in [0.5, 0.6) is 11.5 Å². The van der Waals surface area contributed by atoms with Gasteiger partial charge in [0.15, 0.2) is 0 Å². The summed E-state index contributed by atoms with van der Waals surface area (Å²) in [5, 5.41) is 31.8. The van der Waals surface area contributed by atoms with Gasteiger partial charge in [0.1, 0.15) is 28.7 Å². The molecule has 0 bridgehead atoms. The van der Waals surface area contributed by atoms with E-state index in [9.17, 15) is 30.3 Å². The van der Waals surface area contributed by atoms with Crippen LogP contribution in [0, 0.1) is 31.6 Å². The molecule has 1 heterocycles. The van der Waals surface area contributed by atoms with Crippen LogP contribution in [0.2, 0.25) is 0 Å². The minimum atomic E-state index is -0.934. The lowest BCUT2D eigenvalue weighted by molar-refractivity contribution is -0.385. The zero-order valence-corrected chi connectivity index (χ0v) is 17.2. The summed E-state index contributed by atoms with van der Waals surface area (Å²) < 4.78 is 10.9. The Morgan fingerprint density at radius 3 is 2.38 bits per heavy atom. The highest BCUT2D eigenvalue weighted by Gasteiger charge is 2.31. The first-order valence-corrected chi connectivity index (χ1v) is 9.71. The van der Waals surface area contributed by atoms with Gasteiger partial charge in [0.05, 0.1) is 15.8 Å². The summed E-state index contributed by atoms with van der Waals surface area (Å²) in [6.45, 7) is 0. The SMILES string of the molecule is N#CC1=C(N)Oc2cc(OC(=O)c3ccccc3[N+](=O)[O-])ccc2C1c1ccc([N+](=O)[O-])cc1. The Balaban J connectivity index is 1.69. The number of para-hydroxylation sites is 1. The van der Waals surface area contributed by atoms with Gasteiger partial charge in [-0.15, -0.1) is 0 Å². The van der Waals surface area contributed by atoms with Crippen molar-refractivity contribution in [2.75, 3.05) is 0 Å². The molecule has 0 amide bonds. The highest BCUT2D eigenvalue weighted by atomic mass is 16.6. The van der Waals surface area contributed by atoms with Crippen molar-refractivity contribution in [2.24, 2.45) is 5.73 Å². The number of hydrogen-bond donors (Lipinski definition) is 1. The molecule has 34 heavy (non-hydrogen) atoms. The quantitative estimate of drug-likeness (QED) is 0.257. The Bertz CT molecular complexity index is 1410. The summed E-state index contributed by atoms with van der Waals surface area (Å²) >= 11 is 0. The number of esters is 1. The molecule has 0 saturated carbocycles. The molecule has 3 aromatic carbocycles. The van der Waals surface area contributed by atoms with E-state index in [0.717, 1.165) is 0 Å². The maximum Gasteiger partial charge on any atom is 0.350 e. The molecular weight excluding hydrogens is 444 g/mol. The number of nitro groups is 2. The minimum absolute atomic E-state index is 0.0394. The number of fused-ring (bicyclic) bond motifs is 1. The second-order valence-electron chi connectivity index (χ2n) is 7.14. The standard InChI is InChI=1S/C23H14N4O7/c24-12-18-21(13-5-7-14(8-6-13)26(29)30)17-10-9-15(11-20(17)34-22(18)25)33-23(28)16-3-1-2-4-19(16)27(31)32/h1-11,21H,25H2. The Morgan fingerprint density at radius 2 is 1.74 bits per heavy atom. The maximum atomic E-state index is 12.5. The molecule has 0 spiro atoms. The molecule has 1 aliphatic rings. The van der Waals surface area contributed by atoms with E-state index in [1.54, 1.807) is 6.07 Å². The molecular formula is C23H14N4O7. The number of carbonyl (C=O) groups is 1. The summed E-state index contributed by atoms with van der Waals surface area (Å²) in [5.74, 6) is -1.53. The molecule has 1 atom stereocenters. The third kappa shape index (κ3) is 3.98. The fourth-order valence-corrected chi connectivity index (χ4v) is 3.60. The van der Waals surface area contributed by atoms with Crippen molar-refractivity contribution in [3.8, 4) is 17.6 Å². The van der Waals surface area contributed by atoms with E-state index in [-0.39, 0.29) is 34.2 Å². The number of rotatable bonds is 5. The third-order valence-electron chi connectivity index (χ3n) is 5.16. The Hall–Kier alpha value is -5.24. The molecule has 1 unspecified atom stereocenters. The number of allylic oxidation sites excluding steroid dienone is 1. The number of nitriles is 1. The first kappa shape index (κ1) is 22.0. The number of nitro benzene ring substituents is 2. The van der Waals surface area contributed by atoms with Crippen molar-refractivity contribution in [3.63, 3.8) is 0 Å². The fourth-order valence-electron chi connectivity index (χ4n) is 3.60. The van der Waals surface area contributed by atoms with Gasteiger partial charge < -0.3 is 15.2 Å². The molecule has 3 aromatic rings. The summed E-state index contributed by atoms with van der Waals surface area (Å²) in [4.78, 5) is 33.5. The van der Waals surface area contributed by atoms with E-state index >= 15 is 0 Å². The van der Waals surface area contributed by atoms with Crippen LogP contribution in [0.15, 0.2) is 78.2 Å². The van der Waals surface area contributed by atoms with Crippen molar-refractivity contribution in [3.05, 3.63) is 115 Å². The number of nitrogens with zero attached hydrogens (tertiary/aromatic N) is 3. The average molecular weight is 458 g/mol. The predicted molar refractivity (Wildman–Crippen MR) is 117 cm³/mol. The van der Waals surface area contributed by atoms with Crippen LogP contribution in [0.25, 0.3) is 0 Å². The Morgan fingerprint density at radius 1 is 1.03 bits per heavy atom. The molecule has 0 saturated heterocycles. The van der Waals surface area contributed by atoms with E-state index in [0.29, 0.717) is 11.1 Å². The third-order valence-corrected chi connectivity index (χ3v) is 5.16. The molecule has 0 radical (unpaired) electrons. The van der Waals surface area contributed by atoms with Crippen molar-refractivity contribution in [2.45, 2.75) is 5.92 Å². The van der Waals surface area contributed by atoms with Crippen LogP contribution < -0.4 is 15.2 Å². The van der Waals surface area contributed by atoms with Gasteiger partial charge in [0, 0.05) is 29.8 Å². The highest BCUT2D eigenvalue weighted by molar-refractivity contribution is 5.95. The monoisotopic (exact) mass is 458 g/mol.